The highest BCUT2D eigenvalue weighted by Gasteiger charge is 2.26. The highest BCUT2D eigenvalue weighted by Crippen LogP contribution is 2.10. The van der Waals surface area contributed by atoms with Gasteiger partial charge in [-0.1, -0.05) is 43.0 Å². The Balaban J connectivity index is 2.83. The molecule has 0 aromatic heterocycles. The molecule has 0 radical (unpaired) electrons. The van der Waals surface area contributed by atoms with E-state index in [9.17, 15) is 9.59 Å². The summed E-state index contributed by atoms with van der Waals surface area (Å²) in [6.07, 6.45) is 0.767. The standard InChI is InChI=1S/C14H17NO4/c1-3-9-19-14(18)15(11(2)13(16)17)10-12-7-5-4-6-8-12/h3-8,11H,1,9-10H2,2H3,(H,16,17). The van der Waals surface area contributed by atoms with Crippen LogP contribution >= 0.6 is 0 Å². The monoisotopic (exact) mass is 263 g/mol. The molecular weight excluding hydrogens is 246 g/mol. The molecule has 5 nitrogen and oxygen atoms in total. The number of rotatable bonds is 6. The van der Waals surface area contributed by atoms with Crippen LogP contribution in [0.5, 0.6) is 0 Å². The van der Waals surface area contributed by atoms with Crippen molar-refractivity contribution in [2.75, 3.05) is 6.61 Å². The van der Waals surface area contributed by atoms with Crippen LogP contribution in [0.25, 0.3) is 0 Å². The van der Waals surface area contributed by atoms with Gasteiger partial charge in [0.05, 0.1) is 0 Å². The normalized spacial score (nSPS) is 11.4. The summed E-state index contributed by atoms with van der Waals surface area (Å²) in [5.41, 5.74) is 0.839. The molecule has 1 aromatic rings. The van der Waals surface area contributed by atoms with Gasteiger partial charge in [0, 0.05) is 6.54 Å². The summed E-state index contributed by atoms with van der Waals surface area (Å²) in [6.45, 7) is 5.13. The SMILES string of the molecule is C=CCOC(=O)N(Cc1ccccc1)C(C)C(=O)O. The summed E-state index contributed by atoms with van der Waals surface area (Å²) in [7, 11) is 0. The summed E-state index contributed by atoms with van der Waals surface area (Å²) < 4.78 is 4.90. The lowest BCUT2D eigenvalue weighted by atomic mass is 10.2. The van der Waals surface area contributed by atoms with Gasteiger partial charge in [-0.05, 0) is 12.5 Å². The molecule has 1 amide bonds. The smallest absolute Gasteiger partial charge is 0.411 e. The molecule has 0 bridgehead atoms. The first kappa shape index (κ1) is 14.8. The van der Waals surface area contributed by atoms with Crippen molar-refractivity contribution in [3.8, 4) is 0 Å². The van der Waals surface area contributed by atoms with Gasteiger partial charge in [-0.3, -0.25) is 4.90 Å². The molecule has 1 N–H and O–H groups in total. The summed E-state index contributed by atoms with van der Waals surface area (Å²) in [4.78, 5) is 24.1. The van der Waals surface area contributed by atoms with Crippen molar-refractivity contribution in [3.05, 3.63) is 48.6 Å². The maximum absolute atomic E-state index is 11.8. The van der Waals surface area contributed by atoms with Gasteiger partial charge in [0.25, 0.3) is 0 Å². The Hall–Kier alpha value is -2.30. The summed E-state index contributed by atoms with van der Waals surface area (Å²) in [6, 6.07) is 8.19. The first-order valence-corrected chi connectivity index (χ1v) is 5.87. The summed E-state index contributed by atoms with van der Waals surface area (Å²) in [5.74, 6) is -1.08. The van der Waals surface area contributed by atoms with Gasteiger partial charge in [-0.15, -0.1) is 0 Å². The minimum atomic E-state index is -1.08. The van der Waals surface area contributed by atoms with Crippen molar-refractivity contribution >= 4 is 12.1 Å². The summed E-state index contributed by atoms with van der Waals surface area (Å²) in [5, 5.41) is 9.04. The van der Waals surface area contributed by atoms with Gasteiger partial charge < -0.3 is 9.84 Å². The molecule has 1 unspecified atom stereocenters. The van der Waals surface area contributed by atoms with Crippen molar-refractivity contribution in [2.45, 2.75) is 19.5 Å². The molecule has 0 aliphatic carbocycles. The largest absolute Gasteiger partial charge is 0.480 e. The number of hydrogen-bond donors (Lipinski definition) is 1. The zero-order valence-electron chi connectivity index (χ0n) is 10.8. The van der Waals surface area contributed by atoms with E-state index in [1.165, 1.54) is 17.9 Å². The maximum Gasteiger partial charge on any atom is 0.411 e. The number of ether oxygens (including phenoxy) is 1. The number of nitrogens with zero attached hydrogens (tertiary/aromatic N) is 1. The Morgan fingerprint density at radius 2 is 2.05 bits per heavy atom. The zero-order chi connectivity index (χ0) is 14.3. The molecule has 102 valence electrons. The van der Waals surface area contributed by atoms with Crippen molar-refractivity contribution in [1.29, 1.82) is 0 Å². The molecule has 19 heavy (non-hydrogen) atoms. The third-order valence-electron chi connectivity index (χ3n) is 2.58. The Kier molecular flexibility index (Phi) is 5.60. The Labute approximate surface area is 112 Å². The van der Waals surface area contributed by atoms with Gasteiger partial charge in [0.2, 0.25) is 0 Å². The molecular formula is C14H17NO4. The second-order valence-corrected chi connectivity index (χ2v) is 3.99. The van der Waals surface area contributed by atoms with Gasteiger partial charge in [-0.2, -0.15) is 0 Å². The predicted molar refractivity (Wildman–Crippen MR) is 70.6 cm³/mol. The van der Waals surface area contributed by atoms with E-state index < -0.39 is 18.1 Å². The molecule has 0 aliphatic heterocycles. The molecule has 1 aromatic carbocycles. The van der Waals surface area contributed by atoms with E-state index in [2.05, 4.69) is 6.58 Å². The first-order chi connectivity index (χ1) is 9.06. The third-order valence-corrected chi connectivity index (χ3v) is 2.58. The number of hydrogen-bond acceptors (Lipinski definition) is 3. The number of aliphatic carboxylic acids is 1. The minimum Gasteiger partial charge on any atom is -0.480 e. The average Bonchev–Trinajstić information content (AvgIpc) is 2.42. The molecule has 0 spiro atoms. The van der Waals surface area contributed by atoms with Crippen molar-refractivity contribution in [3.63, 3.8) is 0 Å². The fraction of sp³-hybridized carbons (Fsp3) is 0.286. The van der Waals surface area contributed by atoms with E-state index in [0.717, 1.165) is 5.56 Å². The number of carboxylic acid groups (broad SMARTS) is 1. The van der Waals surface area contributed by atoms with Gasteiger partial charge in [0.1, 0.15) is 12.6 Å². The van der Waals surface area contributed by atoms with E-state index >= 15 is 0 Å². The zero-order valence-corrected chi connectivity index (χ0v) is 10.8. The number of carboxylic acids is 1. The number of carbonyl (C=O) groups excluding carboxylic acids is 1. The lowest BCUT2D eigenvalue weighted by molar-refractivity contribution is -0.142. The fourth-order valence-electron chi connectivity index (χ4n) is 1.49. The maximum atomic E-state index is 11.8. The van der Waals surface area contributed by atoms with E-state index in [1.807, 2.05) is 30.3 Å². The Morgan fingerprint density at radius 3 is 2.58 bits per heavy atom. The van der Waals surface area contributed by atoms with Crippen LogP contribution in [-0.4, -0.2) is 34.7 Å². The first-order valence-electron chi connectivity index (χ1n) is 5.87. The number of benzene rings is 1. The van der Waals surface area contributed by atoms with Crippen molar-refractivity contribution in [1.82, 2.24) is 4.90 Å². The van der Waals surface area contributed by atoms with Crippen LogP contribution in [0.2, 0.25) is 0 Å². The minimum absolute atomic E-state index is 0.0520. The van der Waals surface area contributed by atoms with E-state index in [4.69, 9.17) is 9.84 Å². The molecule has 1 atom stereocenters. The molecule has 5 heteroatoms. The van der Waals surface area contributed by atoms with Crippen LogP contribution in [0.15, 0.2) is 43.0 Å². The number of carbonyl (C=O) groups is 2. The van der Waals surface area contributed by atoms with Crippen LogP contribution < -0.4 is 0 Å². The highest BCUT2D eigenvalue weighted by molar-refractivity contribution is 5.79. The van der Waals surface area contributed by atoms with Crippen LogP contribution in [-0.2, 0) is 16.1 Å². The Morgan fingerprint density at radius 1 is 1.42 bits per heavy atom. The van der Waals surface area contributed by atoms with Gasteiger partial charge in [-0.25, -0.2) is 9.59 Å². The van der Waals surface area contributed by atoms with E-state index in [1.54, 1.807) is 0 Å². The van der Waals surface area contributed by atoms with Crippen molar-refractivity contribution in [2.24, 2.45) is 0 Å². The molecule has 0 saturated carbocycles. The molecule has 0 fully saturated rings. The molecule has 1 rings (SSSR count). The Bertz CT molecular complexity index is 444. The second kappa shape index (κ2) is 7.20. The van der Waals surface area contributed by atoms with Crippen molar-refractivity contribution < 1.29 is 19.4 Å². The van der Waals surface area contributed by atoms with Gasteiger partial charge in [0.15, 0.2) is 0 Å². The predicted octanol–water partition coefficient (Wildman–Crippen LogP) is 2.28. The van der Waals surface area contributed by atoms with Crippen LogP contribution in [0.4, 0.5) is 4.79 Å². The number of amides is 1. The van der Waals surface area contributed by atoms with Crippen LogP contribution in [0.1, 0.15) is 12.5 Å². The van der Waals surface area contributed by atoms with E-state index in [-0.39, 0.29) is 13.2 Å². The molecule has 0 heterocycles. The molecule has 0 saturated heterocycles. The van der Waals surface area contributed by atoms with E-state index in [0.29, 0.717) is 0 Å². The lowest BCUT2D eigenvalue weighted by Gasteiger charge is -2.25. The highest BCUT2D eigenvalue weighted by atomic mass is 16.6. The topological polar surface area (TPSA) is 66.8 Å². The summed E-state index contributed by atoms with van der Waals surface area (Å²) >= 11 is 0. The van der Waals surface area contributed by atoms with Gasteiger partial charge >= 0.3 is 12.1 Å². The third kappa shape index (κ3) is 4.46. The van der Waals surface area contributed by atoms with Crippen LogP contribution in [0.3, 0.4) is 0 Å². The lowest BCUT2D eigenvalue weighted by Crippen LogP contribution is -2.43. The molecule has 0 aliphatic rings. The second-order valence-electron chi connectivity index (χ2n) is 3.99. The average molecular weight is 263 g/mol. The quantitative estimate of drug-likeness (QED) is 0.799. The van der Waals surface area contributed by atoms with Crippen LogP contribution in [0, 0.1) is 0 Å². The fourth-order valence-corrected chi connectivity index (χ4v) is 1.49.